The standard InChI is InChI=1S/C31H30ClF2NO6S2/c32-27-2-1-3-28(34)25(27)18-41-23-7-10-26-21(17-23)4-11-29-31(26,43(39,40)24-8-5-22(33)6-9-24)13-14-35(29)30(36)16-20-12-15-42(37,38)19-20/h1-3,5-10,17,20,29H,4,11-16,18-19H2/t20?,29-,31-/m1/s1. The number of benzene rings is 3. The second-order valence-electron chi connectivity index (χ2n) is 11.5. The number of fused-ring (bicyclic) bond motifs is 3. The van der Waals surface area contributed by atoms with Crippen LogP contribution in [0.5, 0.6) is 5.75 Å². The highest BCUT2D eigenvalue weighted by Crippen LogP contribution is 2.53. The van der Waals surface area contributed by atoms with Crippen LogP contribution in [0.1, 0.15) is 42.4 Å². The minimum absolute atomic E-state index is 0.0417. The van der Waals surface area contributed by atoms with Crippen LogP contribution in [0, 0.1) is 17.6 Å². The molecular formula is C31H30ClF2NO6S2. The summed E-state index contributed by atoms with van der Waals surface area (Å²) in [5.41, 5.74) is 1.48. The molecule has 2 aliphatic heterocycles. The van der Waals surface area contributed by atoms with Gasteiger partial charge in [-0.1, -0.05) is 23.7 Å². The minimum atomic E-state index is -4.15. The molecule has 3 aliphatic rings. The molecule has 7 nitrogen and oxygen atoms in total. The Kier molecular flexibility index (Phi) is 7.79. The van der Waals surface area contributed by atoms with Gasteiger partial charge in [0.25, 0.3) is 0 Å². The molecule has 43 heavy (non-hydrogen) atoms. The van der Waals surface area contributed by atoms with Crippen molar-refractivity contribution < 1.29 is 35.1 Å². The van der Waals surface area contributed by atoms with Gasteiger partial charge in [-0.2, -0.15) is 0 Å². The van der Waals surface area contributed by atoms with Crippen molar-refractivity contribution in [2.75, 3.05) is 18.1 Å². The zero-order valence-electron chi connectivity index (χ0n) is 23.1. The van der Waals surface area contributed by atoms with E-state index in [9.17, 15) is 30.4 Å². The lowest BCUT2D eigenvalue weighted by molar-refractivity contribution is -0.133. The quantitative estimate of drug-likeness (QED) is 0.325. The number of carbonyl (C=O) groups is 1. The topological polar surface area (TPSA) is 97.8 Å². The fraction of sp³-hybridized carbons (Fsp3) is 0.387. The lowest BCUT2D eigenvalue weighted by atomic mass is 9.78. The Hall–Kier alpha value is -3.02. The maximum atomic E-state index is 14.5. The first-order chi connectivity index (χ1) is 20.4. The molecule has 3 aromatic carbocycles. The van der Waals surface area contributed by atoms with Crippen molar-refractivity contribution >= 4 is 37.2 Å². The number of halogens is 3. The lowest BCUT2D eigenvalue weighted by Gasteiger charge is -2.42. The molecule has 0 radical (unpaired) electrons. The van der Waals surface area contributed by atoms with E-state index in [2.05, 4.69) is 0 Å². The van der Waals surface area contributed by atoms with E-state index >= 15 is 0 Å². The van der Waals surface area contributed by atoms with Gasteiger partial charge >= 0.3 is 0 Å². The maximum Gasteiger partial charge on any atom is 0.223 e. The average Bonchev–Trinajstić information content (AvgIpc) is 3.53. The van der Waals surface area contributed by atoms with Crippen LogP contribution in [0.2, 0.25) is 5.02 Å². The summed E-state index contributed by atoms with van der Waals surface area (Å²) in [5, 5.41) is 0.232. The van der Waals surface area contributed by atoms with E-state index < -0.39 is 42.1 Å². The Labute approximate surface area is 254 Å². The van der Waals surface area contributed by atoms with E-state index in [1.807, 2.05) is 0 Å². The highest BCUT2D eigenvalue weighted by Gasteiger charge is 2.60. The first-order valence-electron chi connectivity index (χ1n) is 14.1. The molecule has 1 aliphatic carbocycles. The van der Waals surface area contributed by atoms with Crippen LogP contribution >= 0.6 is 11.6 Å². The summed E-state index contributed by atoms with van der Waals surface area (Å²) in [4.78, 5) is 15.2. The number of carbonyl (C=O) groups excluding carboxylic acids is 1. The average molecular weight is 650 g/mol. The third-order valence-corrected chi connectivity index (χ3v) is 13.8. The van der Waals surface area contributed by atoms with Crippen molar-refractivity contribution in [2.45, 2.75) is 54.4 Å². The first kappa shape index (κ1) is 30.0. The van der Waals surface area contributed by atoms with E-state index in [0.29, 0.717) is 30.6 Å². The summed E-state index contributed by atoms with van der Waals surface area (Å²) in [5.74, 6) is -1.18. The number of aryl methyl sites for hydroxylation is 1. The molecule has 2 saturated heterocycles. The zero-order valence-corrected chi connectivity index (χ0v) is 25.5. The van der Waals surface area contributed by atoms with Crippen molar-refractivity contribution in [3.8, 4) is 5.75 Å². The van der Waals surface area contributed by atoms with Gasteiger partial charge in [0.15, 0.2) is 19.7 Å². The summed E-state index contributed by atoms with van der Waals surface area (Å²) >= 11 is 6.14. The van der Waals surface area contributed by atoms with Crippen LogP contribution in [0.3, 0.4) is 0 Å². The molecule has 3 atom stereocenters. The van der Waals surface area contributed by atoms with Crippen molar-refractivity contribution in [2.24, 2.45) is 5.92 Å². The first-order valence-corrected chi connectivity index (χ1v) is 17.8. The molecule has 12 heteroatoms. The number of rotatable bonds is 7. The second-order valence-corrected chi connectivity index (χ2v) is 16.4. The van der Waals surface area contributed by atoms with Gasteiger partial charge in [0.05, 0.1) is 27.5 Å². The highest BCUT2D eigenvalue weighted by molar-refractivity contribution is 7.92. The van der Waals surface area contributed by atoms with Gasteiger partial charge < -0.3 is 9.64 Å². The summed E-state index contributed by atoms with van der Waals surface area (Å²) < 4.78 is 85.5. The smallest absolute Gasteiger partial charge is 0.223 e. The van der Waals surface area contributed by atoms with Gasteiger partial charge in [-0.15, -0.1) is 0 Å². The van der Waals surface area contributed by atoms with Crippen molar-refractivity contribution in [1.29, 1.82) is 0 Å². The van der Waals surface area contributed by atoms with E-state index in [4.69, 9.17) is 16.3 Å². The largest absolute Gasteiger partial charge is 0.489 e. The Morgan fingerprint density at radius 2 is 1.84 bits per heavy atom. The van der Waals surface area contributed by atoms with E-state index in [1.165, 1.54) is 24.3 Å². The minimum Gasteiger partial charge on any atom is -0.489 e. The molecule has 228 valence electrons. The number of amides is 1. The third-order valence-electron chi connectivity index (χ3n) is 9.02. The summed E-state index contributed by atoms with van der Waals surface area (Å²) in [6.45, 7) is 0.0674. The predicted octanol–water partition coefficient (Wildman–Crippen LogP) is 5.24. The number of ether oxygens (including phenoxy) is 1. The van der Waals surface area contributed by atoms with Crippen LogP contribution in [0.4, 0.5) is 8.78 Å². The van der Waals surface area contributed by atoms with Crippen LogP contribution in [-0.4, -0.2) is 51.7 Å². The van der Waals surface area contributed by atoms with Crippen LogP contribution < -0.4 is 4.74 Å². The number of hydrogen-bond acceptors (Lipinski definition) is 6. The molecule has 6 rings (SSSR count). The number of hydrogen-bond donors (Lipinski definition) is 0. The highest BCUT2D eigenvalue weighted by atomic mass is 35.5. The Morgan fingerprint density at radius 3 is 2.53 bits per heavy atom. The molecule has 0 N–H and O–H groups in total. The molecule has 2 heterocycles. The molecule has 3 aromatic rings. The van der Waals surface area contributed by atoms with Crippen molar-refractivity contribution in [3.63, 3.8) is 0 Å². The van der Waals surface area contributed by atoms with Gasteiger partial charge in [-0.3, -0.25) is 4.79 Å². The van der Waals surface area contributed by atoms with Crippen molar-refractivity contribution in [3.05, 3.63) is 94.0 Å². The third kappa shape index (κ3) is 5.33. The molecule has 0 saturated carbocycles. The van der Waals surface area contributed by atoms with Crippen LogP contribution in [-0.2, 0) is 42.2 Å². The normalized spacial score (nSPS) is 24.4. The number of likely N-dealkylation sites (tertiary alicyclic amines) is 1. The SMILES string of the molecule is O=C(CC1CCS(=O)(=O)C1)N1CC[C@@]2(S(=O)(=O)c3ccc(F)cc3)c3ccc(OCc4c(F)cccc4Cl)cc3CC[C@@H]12. The van der Waals surface area contributed by atoms with Gasteiger partial charge in [-0.05, 0) is 91.3 Å². The molecule has 2 fully saturated rings. The summed E-state index contributed by atoms with van der Waals surface area (Å²) in [6.07, 6.45) is 1.39. The monoisotopic (exact) mass is 649 g/mol. The number of sulfone groups is 2. The molecule has 0 bridgehead atoms. The Balaban J connectivity index is 1.36. The van der Waals surface area contributed by atoms with Gasteiger partial charge in [-0.25, -0.2) is 25.6 Å². The molecule has 1 amide bonds. The molecule has 1 unspecified atom stereocenters. The van der Waals surface area contributed by atoms with Crippen LogP contribution in [0.15, 0.2) is 65.6 Å². The molecular weight excluding hydrogens is 620 g/mol. The fourth-order valence-electron chi connectivity index (χ4n) is 6.94. The second kappa shape index (κ2) is 11.2. The van der Waals surface area contributed by atoms with E-state index in [0.717, 1.165) is 17.7 Å². The predicted molar refractivity (Wildman–Crippen MR) is 157 cm³/mol. The van der Waals surface area contributed by atoms with E-state index in [1.54, 1.807) is 29.2 Å². The van der Waals surface area contributed by atoms with Gasteiger partial charge in [0.2, 0.25) is 5.91 Å². The zero-order chi connectivity index (χ0) is 30.6. The van der Waals surface area contributed by atoms with E-state index in [-0.39, 0.29) is 64.8 Å². The van der Waals surface area contributed by atoms with Crippen molar-refractivity contribution in [1.82, 2.24) is 4.90 Å². The Bertz CT molecular complexity index is 1780. The van der Waals surface area contributed by atoms with Gasteiger partial charge in [0.1, 0.15) is 28.7 Å². The summed E-state index contributed by atoms with van der Waals surface area (Å²) in [6, 6.07) is 13.4. The Morgan fingerprint density at radius 1 is 1.07 bits per heavy atom. The van der Waals surface area contributed by atoms with Crippen LogP contribution in [0.25, 0.3) is 0 Å². The van der Waals surface area contributed by atoms with Gasteiger partial charge in [0, 0.05) is 18.5 Å². The summed E-state index contributed by atoms with van der Waals surface area (Å²) in [7, 11) is -7.32. The lowest BCUT2D eigenvalue weighted by Crippen LogP contribution is -2.52. The molecule has 0 spiro atoms. The maximum absolute atomic E-state index is 14.5. The molecule has 0 aromatic heterocycles. The fourth-order valence-corrected chi connectivity index (χ4v) is 11.4. The number of nitrogens with zero attached hydrogens (tertiary/aromatic N) is 1.